The van der Waals surface area contributed by atoms with E-state index in [4.69, 9.17) is 16.7 Å². The van der Waals surface area contributed by atoms with Gasteiger partial charge in [-0.2, -0.15) is 5.26 Å². The van der Waals surface area contributed by atoms with Crippen molar-refractivity contribution in [2.45, 2.75) is 25.8 Å². The van der Waals surface area contributed by atoms with Crippen molar-refractivity contribution in [2.24, 2.45) is 5.73 Å². The van der Waals surface area contributed by atoms with Gasteiger partial charge >= 0.3 is 0 Å². The molecule has 74 valence electrons. The second kappa shape index (κ2) is 4.64. The minimum atomic E-state index is -0.0850. The smallest absolute Gasteiger partial charge is 0.0995 e. The maximum atomic E-state index is 8.88. The molecule has 1 aromatic rings. The average molecular weight is 189 g/mol. The Hall–Kier alpha value is -1.53. The third-order valence-corrected chi connectivity index (χ3v) is 2.20. The summed E-state index contributed by atoms with van der Waals surface area (Å²) in [5.41, 5.74) is 13.7. The van der Waals surface area contributed by atoms with Gasteiger partial charge in [0.25, 0.3) is 0 Å². The highest BCUT2D eigenvalue weighted by atomic mass is 14.6. The van der Waals surface area contributed by atoms with E-state index in [0.717, 1.165) is 18.4 Å². The van der Waals surface area contributed by atoms with Crippen LogP contribution in [0.1, 0.15) is 36.9 Å². The fraction of sp³-hybridized carbons (Fsp3) is 0.364. The molecule has 1 aromatic carbocycles. The molecule has 14 heavy (non-hydrogen) atoms. The van der Waals surface area contributed by atoms with Crippen LogP contribution in [0.25, 0.3) is 0 Å². The standard InChI is InChI=1S/C11H15N3/c1-2-3-11(14)10-6-9(13)5-4-8(10)7-12/h4-6,11H,2-3,13-14H2,1H3/t11-/m1/s1. The van der Waals surface area contributed by atoms with E-state index in [2.05, 4.69) is 13.0 Å². The first-order chi connectivity index (χ1) is 6.69. The van der Waals surface area contributed by atoms with Crippen molar-refractivity contribution in [3.05, 3.63) is 29.3 Å². The molecular formula is C11H15N3. The zero-order valence-corrected chi connectivity index (χ0v) is 8.33. The number of anilines is 1. The van der Waals surface area contributed by atoms with Gasteiger partial charge in [-0.3, -0.25) is 0 Å². The molecule has 0 amide bonds. The summed E-state index contributed by atoms with van der Waals surface area (Å²) in [6, 6.07) is 7.28. The van der Waals surface area contributed by atoms with Crippen molar-refractivity contribution in [2.75, 3.05) is 5.73 Å². The number of hydrogen-bond acceptors (Lipinski definition) is 3. The minimum absolute atomic E-state index is 0.0850. The summed E-state index contributed by atoms with van der Waals surface area (Å²) in [6.07, 6.45) is 1.87. The van der Waals surface area contributed by atoms with E-state index < -0.39 is 0 Å². The van der Waals surface area contributed by atoms with E-state index in [9.17, 15) is 0 Å². The molecule has 0 spiro atoms. The van der Waals surface area contributed by atoms with Crippen LogP contribution in [0.4, 0.5) is 5.69 Å². The minimum Gasteiger partial charge on any atom is -0.399 e. The van der Waals surface area contributed by atoms with Crippen LogP contribution >= 0.6 is 0 Å². The molecule has 0 aliphatic carbocycles. The predicted molar refractivity (Wildman–Crippen MR) is 57.4 cm³/mol. The van der Waals surface area contributed by atoms with Crippen molar-refractivity contribution in [1.29, 1.82) is 5.26 Å². The Morgan fingerprint density at radius 3 is 2.79 bits per heavy atom. The molecule has 0 heterocycles. The lowest BCUT2D eigenvalue weighted by Gasteiger charge is -2.12. The fourth-order valence-electron chi connectivity index (χ4n) is 1.46. The Labute approximate surface area is 84.3 Å². The largest absolute Gasteiger partial charge is 0.399 e. The predicted octanol–water partition coefficient (Wildman–Crippen LogP) is 1.94. The number of nitriles is 1. The quantitative estimate of drug-likeness (QED) is 0.713. The summed E-state index contributed by atoms with van der Waals surface area (Å²) in [5.74, 6) is 0. The highest BCUT2D eigenvalue weighted by Gasteiger charge is 2.10. The molecule has 0 fully saturated rings. The second-order valence-electron chi connectivity index (χ2n) is 3.35. The van der Waals surface area contributed by atoms with Crippen molar-refractivity contribution in [1.82, 2.24) is 0 Å². The van der Waals surface area contributed by atoms with Gasteiger partial charge in [-0.1, -0.05) is 13.3 Å². The Morgan fingerprint density at radius 2 is 2.21 bits per heavy atom. The number of nitrogen functional groups attached to an aromatic ring is 1. The Kier molecular flexibility index (Phi) is 3.49. The van der Waals surface area contributed by atoms with Crippen LogP contribution in [0.2, 0.25) is 0 Å². The number of rotatable bonds is 3. The van der Waals surface area contributed by atoms with Crippen LogP contribution in [-0.4, -0.2) is 0 Å². The summed E-state index contributed by atoms with van der Waals surface area (Å²) in [4.78, 5) is 0. The molecule has 3 heteroatoms. The lowest BCUT2D eigenvalue weighted by Crippen LogP contribution is -2.11. The molecule has 0 radical (unpaired) electrons. The zero-order valence-electron chi connectivity index (χ0n) is 8.33. The molecular weight excluding hydrogens is 174 g/mol. The molecule has 0 saturated carbocycles. The van der Waals surface area contributed by atoms with Gasteiger partial charge in [-0.05, 0) is 30.2 Å². The maximum Gasteiger partial charge on any atom is 0.0995 e. The summed E-state index contributed by atoms with van der Waals surface area (Å²) in [7, 11) is 0. The third-order valence-electron chi connectivity index (χ3n) is 2.20. The molecule has 1 rings (SSSR count). The highest BCUT2D eigenvalue weighted by Crippen LogP contribution is 2.22. The van der Waals surface area contributed by atoms with Crippen molar-refractivity contribution >= 4 is 5.69 Å². The van der Waals surface area contributed by atoms with E-state index in [-0.39, 0.29) is 6.04 Å². The third kappa shape index (κ3) is 2.24. The Bertz CT molecular complexity index is 352. The first-order valence-corrected chi connectivity index (χ1v) is 4.74. The molecule has 0 bridgehead atoms. The first-order valence-electron chi connectivity index (χ1n) is 4.74. The van der Waals surface area contributed by atoms with Gasteiger partial charge in [-0.25, -0.2) is 0 Å². The van der Waals surface area contributed by atoms with Crippen molar-refractivity contribution in [3.63, 3.8) is 0 Å². The number of hydrogen-bond donors (Lipinski definition) is 2. The van der Waals surface area contributed by atoms with Crippen LogP contribution < -0.4 is 11.5 Å². The molecule has 0 saturated heterocycles. The summed E-state index contributed by atoms with van der Waals surface area (Å²) in [5, 5.41) is 8.88. The van der Waals surface area contributed by atoms with Gasteiger partial charge in [0.2, 0.25) is 0 Å². The van der Waals surface area contributed by atoms with Crippen LogP contribution in [-0.2, 0) is 0 Å². The highest BCUT2D eigenvalue weighted by molar-refractivity contribution is 5.50. The SMILES string of the molecule is CCC[C@@H](N)c1cc(N)ccc1C#N. The number of nitrogens with zero attached hydrogens (tertiary/aromatic N) is 1. The lowest BCUT2D eigenvalue weighted by atomic mass is 9.98. The molecule has 0 aliphatic heterocycles. The van der Waals surface area contributed by atoms with E-state index in [1.807, 2.05) is 0 Å². The van der Waals surface area contributed by atoms with E-state index >= 15 is 0 Å². The first kappa shape index (κ1) is 10.6. The normalized spacial score (nSPS) is 12.1. The number of benzene rings is 1. The average Bonchev–Trinajstić information content (AvgIpc) is 2.18. The van der Waals surface area contributed by atoms with Gasteiger partial charge in [0, 0.05) is 11.7 Å². The Morgan fingerprint density at radius 1 is 1.50 bits per heavy atom. The van der Waals surface area contributed by atoms with E-state index in [1.165, 1.54) is 0 Å². The lowest BCUT2D eigenvalue weighted by molar-refractivity contribution is 0.637. The molecule has 0 unspecified atom stereocenters. The van der Waals surface area contributed by atoms with Crippen LogP contribution in [0.3, 0.4) is 0 Å². The summed E-state index contributed by atoms with van der Waals surface area (Å²) >= 11 is 0. The molecule has 0 aliphatic rings. The zero-order chi connectivity index (χ0) is 10.6. The van der Waals surface area contributed by atoms with Crippen LogP contribution in [0, 0.1) is 11.3 Å². The molecule has 0 aromatic heterocycles. The molecule has 1 atom stereocenters. The van der Waals surface area contributed by atoms with E-state index in [0.29, 0.717) is 11.3 Å². The topological polar surface area (TPSA) is 75.8 Å². The van der Waals surface area contributed by atoms with Gasteiger partial charge in [0.1, 0.15) is 0 Å². The van der Waals surface area contributed by atoms with Gasteiger partial charge in [0.15, 0.2) is 0 Å². The summed E-state index contributed by atoms with van der Waals surface area (Å²) < 4.78 is 0. The van der Waals surface area contributed by atoms with Crippen molar-refractivity contribution < 1.29 is 0 Å². The van der Waals surface area contributed by atoms with Crippen LogP contribution in [0.5, 0.6) is 0 Å². The second-order valence-corrected chi connectivity index (χ2v) is 3.35. The van der Waals surface area contributed by atoms with Gasteiger partial charge in [0.05, 0.1) is 11.6 Å². The summed E-state index contributed by atoms with van der Waals surface area (Å²) in [6.45, 7) is 2.07. The van der Waals surface area contributed by atoms with Crippen LogP contribution in [0.15, 0.2) is 18.2 Å². The monoisotopic (exact) mass is 189 g/mol. The molecule has 3 nitrogen and oxygen atoms in total. The van der Waals surface area contributed by atoms with E-state index in [1.54, 1.807) is 18.2 Å². The Balaban J connectivity index is 3.05. The fourth-order valence-corrected chi connectivity index (χ4v) is 1.46. The maximum absolute atomic E-state index is 8.88. The van der Waals surface area contributed by atoms with Gasteiger partial charge in [-0.15, -0.1) is 0 Å². The molecule has 4 N–H and O–H groups in total. The van der Waals surface area contributed by atoms with Gasteiger partial charge < -0.3 is 11.5 Å². The number of nitrogens with two attached hydrogens (primary N) is 2. The van der Waals surface area contributed by atoms with Crippen molar-refractivity contribution in [3.8, 4) is 6.07 Å².